The molecule has 0 fully saturated rings. The van der Waals surface area contributed by atoms with Gasteiger partial charge in [0.2, 0.25) is 0 Å². The average Bonchev–Trinajstić information content (AvgIpc) is 2.27. The maximum absolute atomic E-state index is 12.4. The van der Waals surface area contributed by atoms with E-state index in [1.165, 1.54) is 5.48 Å². The minimum absolute atomic E-state index is 0.191. The molecule has 4 nitrogen and oxygen atoms in total. The summed E-state index contributed by atoms with van der Waals surface area (Å²) >= 11 is 5.71. The van der Waals surface area contributed by atoms with Crippen LogP contribution in [0.1, 0.15) is 11.1 Å². The molecule has 0 atom stereocenters. The zero-order valence-electron chi connectivity index (χ0n) is 7.76. The number of hydroxylamine groups is 1. The van der Waals surface area contributed by atoms with Gasteiger partial charge in [-0.25, -0.2) is 14.7 Å². The van der Waals surface area contributed by atoms with Gasteiger partial charge in [-0.15, -0.1) is 0 Å². The van der Waals surface area contributed by atoms with Gasteiger partial charge in [-0.1, -0.05) is 17.7 Å². The van der Waals surface area contributed by atoms with E-state index in [4.69, 9.17) is 16.8 Å². The molecular weight excluding hydrogens is 223 g/mol. The zero-order valence-corrected chi connectivity index (χ0v) is 8.51. The minimum Gasteiger partial charge on any atom is -0.332 e. The van der Waals surface area contributed by atoms with Gasteiger partial charge in [-0.3, -0.25) is 5.21 Å². The second kappa shape index (κ2) is 5.53. The first-order valence-electron chi connectivity index (χ1n) is 4.18. The van der Waals surface area contributed by atoms with E-state index in [9.17, 15) is 9.18 Å². The lowest BCUT2D eigenvalue weighted by molar-refractivity contribution is 0.161. The van der Waals surface area contributed by atoms with Crippen molar-refractivity contribution in [1.82, 2.24) is 10.8 Å². The third-order valence-electron chi connectivity index (χ3n) is 1.81. The van der Waals surface area contributed by atoms with Crippen molar-refractivity contribution < 1.29 is 14.4 Å². The van der Waals surface area contributed by atoms with E-state index in [2.05, 4.69) is 5.32 Å². The van der Waals surface area contributed by atoms with E-state index in [1.807, 2.05) is 0 Å². The van der Waals surface area contributed by atoms with Crippen LogP contribution < -0.4 is 10.8 Å². The van der Waals surface area contributed by atoms with Crippen LogP contribution in [0.15, 0.2) is 18.2 Å². The van der Waals surface area contributed by atoms with Gasteiger partial charge in [0.15, 0.2) is 0 Å². The highest BCUT2D eigenvalue weighted by molar-refractivity contribution is 6.31. The second-order valence-electron chi connectivity index (χ2n) is 2.85. The number of hydrogen-bond acceptors (Lipinski definition) is 2. The zero-order chi connectivity index (χ0) is 11.3. The smallest absolute Gasteiger partial charge is 0.332 e. The lowest BCUT2D eigenvalue weighted by atomic mass is 10.1. The quantitative estimate of drug-likeness (QED) is 0.551. The Kier molecular flexibility index (Phi) is 4.33. The number of benzene rings is 1. The van der Waals surface area contributed by atoms with Crippen LogP contribution in [0.4, 0.5) is 9.18 Å². The summed E-state index contributed by atoms with van der Waals surface area (Å²) in [6, 6.07) is 4.07. The number of carbonyl (C=O) groups is 1. The first kappa shape index (κ1) is 11.7. The fraction of sp³-hybridized carbons (Fsp3) is 0.222. The Balaban J connectivity index is 2.66. The molecule has 0 saturated heterocycles. The molecule has 0 aliphatic heterocycles. The van der Waals surface area contributed by atoms with Gasteiger partial charge in [0.05, 0.1) is 0 Å². The highest BCUT2D eigenvalue weighted by Crippen LogP contribution is 2.18. The van der Waals surface area contributed by atoms with Crippen molar-refractivity contribution in [1.29, 1.82) is 0 Å². The monoisotopic (exact) mass is 232 g/mol. The van der Waals surface area contributed by atoms with E-state index in [0.29, 0.717) is 16.1 Å². The highest BCUT2D eigenvalue weighted by atomic mass is 35.5. The Labute approximate surface area is 91.0 Å². The first-order chi connectivity index (χ1) is 7.17. The Morgan fingerprint density at radius 2 is 2.27 bits per heavy atom. The van der Waals surface area contributed by atoms with Crippen LogP contribution in [0, 0.1) is 0 Å². The minimum atomic E-state index is -0.716. The molecule has 2 amide bonds. The summed E-state index contributed by atoms with van der Waals surface area (Å²) in [4.78, 5) is 10.6. The van der Waals surface area contributed by atoms with Gasteiger partial charge in [-0.05, 0) is 17.7 Å². The normalized spacial score (nSPS) is 9.80. The van der Waals surface area contributed by atoms with Crippen molar-refractivity contribution in [2.24, 2.45) is 0 Å². The van der Waals surface area contributed by atoms with Crippen molar-refractivity contribution in [2.45, 2.75) is 13.2 Å². The molecule has 0 aromatic heterocycles. The molecule has 82 valence electrons. The molecule has 0 radical (unpaired) electrons. The number of hydrogen-bond donors (Lipinski definition) is 3. The maximum Gasteiger partial charge on any atom is 0.338 e. The largest absolute Gasteiger partial charge is 0.338 e. The van der Waals surface area contributed by atoms with Crippen molar-refractivity contribution in [3.63, 3.8) is 0 Å². The van der Waals surface area contributed by atoms with Gasteiger partial charge in [0.25, 0.3) is 0 Å². The molecule has 0 bridgehead atoms. The first-order valence-corrected chi connectivity index (χ1v) is 4.56. The van der Waals surface area contributed by atoms with Gasteiger partial charge >= 0.3 is 6.03 Å². The molecule has 0 aliphatic rings. The van der Waals surface area contributed by atoms with Gasteiger partial charge in [0.1, 0.15) is 6.67 Å². The van der Waals surface area contributed by atoms with Crippen LogP contribution >= 0.6 is 11.6 Å². The van der Waals surface area contributed by atoms with E-state index in [-0.39, 0.29) is 6.54 Å². The van der Waals surface area contributed by atoms with Gasteiger partial charge in [-0.2, -0.15) is 0 Å². The molecule has 6 heteroatoms. The van der Waals surface area contributed by atoms with Crippen LogP contribution in [0.25, 0.3) is 0 Å². The molecule has 0 saturated carbocycles. The van der Waals surface area contributed by atoms with E-state index in [1.54, 1.807) is 18.2 Å². The number of rotatable bonds is 3. The number of carbonyl (C=O) groups excluding carboxylic acids is 1. The number of halogens is 2. The predicted octanol–water partition coefficient (Wildman–Crippen LogP) is 2.00. The fourth-order valence-electron chi connectivity index (χ4n) is 1.06. The summed E-state index contributed by atoms with van der Waals surface area (Å²) in [5, 5.41) is 10.9. The SMILES string of the molecule is O=C(NO)NCc1ccc(Cl)c(CF)c1. The van der Waals surface area contributed by atoms with Crippen molar-refractivity contribution in [3.8, 4) is 0 Å². The summed E-state index contributed by atoms with van der Waals surface area (Å²) in [5.41, 5.74) is 2.50. The standard InChI is InChI=1S/C9H10ClFN2O2/c10-8-2-1-6(3-7(8)4-11)5-12-9(14)13-15/h1-3,15H,4-5H2,(H2,12,13,14). The highest BCUT2D eigenvalue weighted by Gasteiger charge is 2.03. The molecule has 1 aromatic carbocycles. The number of nitrogens with one attached hydrogen (secondary N) is 2. The van der Waals surface area contributed by atoms with Crippen LogP contribution in [0.3, 0.4) is 0 Å². The molecule has 15 heavy (non-hydrogen) atoms. The van der Waals surface area contributed by atoms with Crippen molar-refractivity contribution in [3.05, 3.63) is 34.3 Å². The Morgan fingerprint density at radius 3 is 2.87 bits per heavy atom. The summed E-state index contributed by atoms with van der Waals surface area (Å²) in [5.74, 6) is 0. The van der Waals surface area contributed by atoms with E-state index in [0.717, 1.165) is 0 Å². The molecule has 0 spiro atoms. The molecule has 1 rings (SSSR count). The second-order valence-corrected chi connectivity index (χ2v) is 3.26. The Morgan fingerprint density at radius 1 is 1.53 bits per heavy atom. The van der Waals surface area contributed by atoms with Crippen LogP contribution in [0.5, 0.6) is 0 Å². The average molecular weight is 233 g/mol. The number of alkyl halides is 1. The van der Waals surface area contributed by atoms with Crippen LogP contribution in [0.2, 0.25) is 5.02 Å². The Bertz CT molecular complexity index is 360. The summed E-state index contributed by atoms with van der Waals surface area (Å²) in [6.07, 6.45) is 0. The predicted molar refractivity (Wildman–Crippen MR) is 53.4 cm³/mol. The van der Waals surface area contributed by atoms with Crippen LogP contribution in [-0.2, 0) is 13.2 Å². The summed E-state index contributed by atoms with van der Waals surface area (Å²) in [7, 11) is 0. The van der Waals surface area contributed by atoms with Crippen molar-refractivity contribution >= 4 is 17.6 Å². The van der Waals surface area contributed by atoms with Crippen LogP contribution in [-0.4, -0.2) is 11.2 Å². The van der Waals surface area contributed by atoms with Gasteiger partial charge in [0, 0.05) is 17.1 Å². The van der Waals surface area contributed by atoms with Gasteiger partial charge < -0.3 is 5.32 Å². The molecule has 0 heterocycles. The van der Waals surface area contributed by atoms with Crippen molar-refractivity contribution in [2.75, 3.05) is 0 Å². The molecule has 0 unspecified atom stereocenters. The molecule has 1 aromatic rings. The molecule has 3 N–H and O–H groups in total. The lowest BCUT2D eigenvalue weighted by Gasteiger charge is -2.06. The number of urea groups is 1. The fourth-order valence-corrected chi connectivity index (χ4v) is 1.23. The summed E-state index contributed by atoms with van der Waals surface area (Å²) in [6.45, 7) is -0.463. The third kappa shape index (κ3) is 3.38. The maximum atomic E-state index is 12.4. The molecule has 0 aliphatic carbocycles. The summed E-state index contributed by atoms with van der Waals surface area (Å²) < 4.78 is 12.4. The number of amides is 2. The van der Waals surface area contributed by atoms with E-state index >= 15 is 0 Å². The third-order valence-corrected chi connectivity index (χ3v) is 2.18. The molecular formula is C9H10ClFN2O2. The Hall–Kier alpha value is -1.33. The topological polar surface area (TPSA) is 61.4 Å². The van der Waals surface area contributed by atoms with E-state index < -0.39 is 12.7 Å². The lowest BCUT2D eigenvalue weighted by Crippen LogP contribution is -2.32.